The molecule has 0 spiro atoms. The van der Waals surface area contributed by atoms with Gasteiger partial charge in [-0.2, -0.15) is 11.8 Å². The Morgan fingerprint density at radius 1 is 1.27 bits per heavy atom. The van der Waals surface area contributed by atoms with E-state index in [0.29, 0.717) is 17.3 Å². The fourth-order valence-corrected chi connectivity index (χ4v) is 4.62. The average molecular weight is 322 g/mol. The largest absolute Gasteiger partial charge is 0.331 e. The summed E-state index contributed by atoms with van der Waals surface area (Å²) >= 11 is 1.91. The first kappa shape index (κ1) is 16.4. The first-order valence-electron chi connectivity index (χ1n) is 8.68. The summed E-state index contributed by atoms with van der Waals surface area (Å²) in [5, 5.41) is 0.481. The number of hydrogen-bond donors (Lipinski definition) is 0. The highest BCUT2D eigenvalue weighted by atomic mass is 32.2. The van der Waals surface area contributed by atoms with Crippen molar-refractivity contribution in [1.29, 1.82) is 0 Å². The number of likely N-dealkylation sites (tertiary alicyclic amines) is 1. The van der Waals surface area contributed by atoms with Crippen molar-refractivity contribution in [2.45, 2.75) is 64.8 Å². The number of fused-ring (bicyclic) bond motifs is 1. The van der Waals surface area contributed by atoms with E-state index in [1.165, 1.54) is 31.8 Å². The van der Waals surface area contributed by atoms with Crippen molar-refractivity contribution in [3.05, 3.63) is 11.3 Å². The summed E-state index contributed by atoms with van der Waals surface area (Å²) in [5.74, 6) is 1.31. The smallest absolute Gasteiger partial charge is 0.117 e. The Morgan fingerprint density at radius 3 is 2.45 bits per heavy atom. The second-order valence-corrected chi connectivity index (χ2v) is 9.19. The lowest BCUT2D eigenvalue weighted by Gasteiger charge is -2.39. The molecule has 124 valence electrons. The van der Waals surface area contributed by atoms with Crippen molar-refractivity contribution >= 4 is 17.6 Å². The second kappa shape index (κ2) is 5.86. The van der Waals surface area contributed by atoms with Crippen LogP contribution in [0.5, 0.6) is 0 Å². The van der Waals surface area contributed by atoms with Crippen molar-refractivity contribution in [3.63, 3.8) is 0 Å². The molecule has 0 bridgehead atoms. The van der Waals surface area contributed by atoms with Crippen LogP contribution < -0.4 is 0 Å². The van der Waals surface area contributed by atoms with Gasteiger partial charge in [-0.25, -0.2) is 0 Å². The monoisotopic (exact) mass is 321 g/mol. The minimum absolute atomic E-state index is 0.203. The molecule has 0 aromatic rings. The normalized spacial score (nSPS) is 31.0. The highest BCUT2D eigenvalue weighted by Crippen LogP contribution is 2.42. The van der Waals surface area contributed by atoms with Crippen LogP contribution in [0.15, 0.2) is 16.3 Å². The van der Waals surface area contributed by atoms with Gasteiger partial charge in [0.15, 0.2) is 0 Å². The summed E-state index contributed by atoms with van der Waals surface area (Å²) < 4.78 is 0. The van der Waals surface area contributed by atoms with E-state index < -0.39 is 0 Å². The zero-order valence-corrected chi connectivity index (χ0v) is 15.8. The third-order valence-corrected chi connectivity index (χ3v) is 6.33. The number of hydrogen-bond acceptors (Lipinski definition) is 4. The molecule has 4 heteroatoms. The van der Waals surface area contributed by atoms with Gasteiger partial charge in [0.2, 0.25) is 0 Å². The fraction of sp³-hybridized carbons (Fsp3) is 0.833. The van der Waals surface area contributed by atoms with Crippen LogP contribution >= 0.6 is 11.8 Å². The number of thioether (sulfide) groups is 1. The number of amidine groups is 1. The molecule has 2 unspecified atom stereocenters. The van der Waals surface area contributed by atoms with Gasteiger partial charge in [-0.05, 0) is 50.6 Å². The lowest BCUT2D eigenvalue weighted by molar-refractivity contribution is 0.124. The van der Waals surface area contributed by atoms with E-state index in [0.717, 1.165) is 6.54 Å². The van der Waals surface area contributed by atoms with Gasteiger partial charge in [-0.3, -0.25) is 9.89 Å². The molecular formula is C18H31N3S. The molecule has 0 N–H and O–H groups in total. The molecule has 0 amide bonds. The van der Waals surface area contributed by atoms with E-state index in [4.69, 9.17) is 4.99 Å². The van der Waals surface area contributed by atoms with E-state index in [9.17, 15) is 0 Å². The first-order chi connectivity index (χ1) is 10.3. The molecule has 3 atom stereocenters. The Labute approximate surface area is 140 Å². The maximum Gasteiger partial charge on any atom is 0.117 e. The van der Waals surface area contributed by atoms with Gasteiger partial charge in [0.1, 0.15) is 5.84 Å². The van der Waals surface area contributed by atoms with E-state index in [1.54, 1.807) is 11.3 Å². The Bertz CT molecular complexity index is 499. The topological polar surface area (TPSA) is 18.8 Å². The minimum atomic E-state index is 0.203. The van der Waals surface area contributed by atoms with E-state index in [2.05, 4.69) is 50.7 Å². The Morgan fingerprint density at radius 2 is 1.95 bits per heavy atom. The van der Waals surface area contributed by atoms with Crippen LogP contribution in [0.2, 0.25) is 0 Å². The summed E-state index contributed by atoms with van der Waals surface area (Å²) in [7, 11) is 0. The predicted molar refractivity (Wildman–Crippen MR) is 97.7 cm³/mol. The predicted octanol–water partition coefficient (Wildman–Crippen LogP) is 3.62. The highest BCUT2D eigenvalue weighted by molar-refractivity contribution is 7.99. The molecule has 22 heavy (non-hydrogen) atoms. The minimum Gasteiger partial charge on any atom is -0.331 e. The number of nitrogens with zero attached hydrogens (tertiary/aromatic N) is 3. The van der Waals surface area contributed by atoms with Gasteiger partial charge < -0.3 is 4.90 Å². The van der Waals surface area contributed by atoms with Gasteiger partial charge in [-0.15, -0.1) is 0 Å². The SMILES string of the molecule is CSC(C)C1=N[C@@H](C)C(C(C)(C)C)=C2CC(N3CCC3)CN12. The van der Waals surface area contributed by atoms with Gasteiger partial charge in [0.05, 0.1) is 11.3 Å². The van der Waals surface area contributed by atoms with Crippen molar-refractivity contribution in [1.82, 2.24) is 9.80 Å². The molecule has 0 saturated carbocycles. The van der Waals surface area contributed by atoms with Crippen molar-refractivity contribution in [2.75, 3.05) is 25.9 Å². The third kappa shape index (κ3) is 2.73. The quantitative estimate of drug-likeness (QED) is 0.791. The van der Waals surface area contributed by atoms with Crippen LogP contribution in [-0.4, -0.2) is 58.9 Å². The lowest BCUT2D eigenvalue weighted by Crippen LogP contribution is -2.47. The molecule has 2 saturated heterocycles. The van der Waals surface area contributed by atoms with Crippen LogP contribution in [0, 0.1) is 5.41 Å². The molecule has 0 radical (unpaired) electrons. The maximum absolute atomic E-state index is 5.13. The molecule has 3 nitrogen and oxygen atoms in total. The highest BCUT2D eigenvalue weighted by Gasteiger charge is 2.42. The zero-order valence-electron chi connectivity index (χ0n) is 15.0. The third-order valence-electron chi connectivity index (χ3n) is 5.41. The molecule has 0 aliphatic carbocycles. The van der Waals surface area contributed by atoms with Crippen molar-refractivity contribution in [2.24, 2.45) is 10.4 Å². The fourth-order valence-electron chi connectivity index (χ4n) is 4.22. The van der Waals surface area contributed by atoms with Crippen LogP contribution in [0.1, 0.15) is 47.5 Å². The van der Waals surface area contributed by atoms with E-state index in [-0.39, 0.29) is 5.41 Å². The van der Waals surface area contributed by atoms with Crippen LogP contribution in [0.25, 0.3) is 0 Å². The molecule has 3 heterocycles. The average Bonchev–Trinajstić information content (AvgIpc) is 2.76. The number of rotatable bonds is 3. The Balaban J connectivity index is 1.97. The van der Waals surface area contributed by atoms with Crippen molar-refractivity contribution in [3.8, 4) is 0 Å². The molecule has 2 fully saturated rings. The maximum atomic E-state index is 5.13. The summed E-state index contributed by atoms with van der Waals surface area (Å²) in [6.07, 6.45) is 4.79. The summed E-state index contributed by atoms with van der Waals surface area (Å²) in [6, 6.07) is 1.02. The van der Waals surface area contributed by atoms with Crippen LogP contribution in [0.3, 0.4) is 0 Å². The molecule has 0 aromatic carbocycles. The molecule has 3 aliphatic heterocycles. The summed E-state index contributed by atoms with van der Waals surface area (Å²) in [5.41, 5.74) is 3.35. The Kier molecular flexibility index (Phi) is 4.36. The zero-order chi connectivity index (χ0) is 16.1. The second-order valence-electron chi connectivity index (χ2n) is 8.01. The van der Waals surface area contributed by atoms with Gasteiger partial charge >= 0.3 is 0 Å². The Hall–Kier alpha value is -0.480. The summed E-state index contributed by atoms with van der Waals surface area (Å²) in [6.45, 7) is 15.3. The van der Waals surface area contributed by atoms with E-state index >= 15 is 0 Å². The summed E-state index contributed by atoms with van der Waals surface area (Å²) in [4.78, 5) is 10.4. The molecular weight excluding hydrogens is 290 g/mol. The lowest BCUT2D eigenvalue weighted by atomic mass is 9.80. The van der Waals surface area contributed by atoms with Gasteiger partial charge in [0, 0.05) is 24.7 Å². The van der Waals surface area contributed by atoms with Gasteiger partial charge in [0.25, 0.3) is 0 Å². The van der Waals surface area contributed by atoms with Crippen LogP contribution in [-0.2, 0) is 0 Å². The number of aliphatic imine (C=N–C) groups is 1. The standard InChI is InChI=1S/C18H31N3S/c1-12-16(18(3,4)5)15-10-14(20-8-7-9-20)11-21(15)17(19-12)13(2)22-6/h12-14H,7-11H2,1-6H3/t12-,13?,14?/m0/s1. The molecule has 3 rings (SSSR count). The molecule has 0 aromatic heterocycles. The van der Waals surface area contributed by atoms with E-state index in [1.807, 2.05) is 11.8 Å². The first-order valence-corrected chi connectivity index (χ1v) is 9.97. The van der Waals surface area contributed by atoms with Crippen LogP contribution in [0.4, 0.5) is 0 Å². The van der Waals surface area contributed by atoms with Gasteiger partial charge in [-0.1, -0.05) is 20.8 Å². The van der Waals surface area contributed by atoms with Crippen molar-refractivity contribution < 1.29 is 0 Å². The molecule has 3 aliphatic rings.